The first kappa shape index (κ1) is 17.3. The van der Waals surface area contributed by atoms with Crippen LogP contribution in [0, 0.1) is 59.2 Å². The van der Waals surface area contributed by atoms with Crippen LogP contribution in [-0.4, -0.2) is 0 Å². The highest BCUT2D eigenvalue weighted by molar-refractivity contribution is 5.27. The maximum absolute atomic E-state index is 2.59. The summed E-state index contributed by atoms with van der Waals surface area (Å²) in [4.78, 5) is 0. The van der Waals surface area contributed by atoms with Gasteiger partial charge >= 0.3 is 0 Å². The normalized spacial score (nSPS) is 53.7. The minimum absolute atomic E-state index is 1.00. The zero-order valence-electron chi connectivity index (χ0n) is 16.2. The Kier molecular flexibility index (Phi) is 5.09. The smallest absolute Gasteiger partial charge is 0.0194 e. The molecule has 6 aliphatic rings. The van der Waals surface area contributed by atoms with Gasteiger partial charge in [-0.3, -0.25) is 0 Å². The van der Waals surface area contributed by atoms with E-state index in [1.165, 1.54) is 12.8 Å². The Morgan fingerprint density at radius 3 is 0.957 bits per heavy atom. The molecular formula is C23H38. The summed E-state index contributed by atoms with van der Waals surface area (Å²) in [6, 6.07) is 0. The van der Waals surface area contributed by atoms with Gasteiger partial charge in [0.25, 0.3) is 0 Å². The third-order valence-electron chi connectivity index (χ3n) is 7.69. The molecule has 23 heavy (non-hydrogen) atoms. The number of allylic oxidation sites excluding steroid dienone is 4. The van der Waals surface area contributed by atoms with Crippen LogP contribution in [0.15, 0.2) is 24.3 Å². The van der Waals surface area contributed by atoms with Crippen molar-refractivity contribution >= 4 is 0 Å². The quantitative estimate of drug-likeness (QED) is 0.349. The molecule has 0 aromatic rings. The van der Waals surface area contributed by atoms with Gasteiger partial charge in [0.15, 0.2) is 0 Å². The minimum Gasteiger partial charge on any atom is -0.0848 e. The van der Waals surface area contributed by atoms with E-state index in [0.717, 1.165) is 59.2 Å². The van der Waals surface area contributed by atoms with Gasteiger partial charge in [-0.25, -0.2) is 0 Å². The highest BCUT2D eigenvalue weighted by Crippen LogP contribution is 2.74. The second kappa shape index (κ2) is 6.77. The van der Waals surface area contributed by atoms with Gasteiger partial charge in [-0.2, -0.15) is 0 Å². The zero-order chi connectivity index (χ0) is 16.7. The van der Waals surface area contributed by atoms with E-state index in [2.05, 4.69) is 24.3 Å². The Hall–Kier alpha value is -0.520. The van der Waals surface area contributed by atoms with E-state index in [0.29, 0.717) is 0 Å². The molecule has 0 spiro atoms. The van der Waals surface area contributed by atoms with Crippen molar-refractivity contribution in [3.05, 3.63) is 24.3 Å². The molecule has 0 N–H and O–H groups in total. The largest absolute Gasteiger partial charge is 0.0848 e. The monoisotopic (exact) mass is 314 g/mol. The van der Waals surface area contributed by atoms with Crippen molar-refractivity contribution in [2.45, 2.75) is 60.8 Å². The van der Waals surface area contributed by atoms with E-state index in [1.54, 1.807) is 6.42 Å². The molecule has 130 valence electrons. The molecule has 0 amide bonds. The summed E-state index contributed by atoms with van der Waals surface area (Å²) < 4.78 is 0. The molecule has 4 saturated carbocycles. The minimum atomic E-state index is 1.00. The molecule has 6 rings (SSSR count). The van der Waals surface area contributed by atoms with Crippen LogP contribution in [0.2, 0.25) is 0 Å². The van der Waals surface area contributed by atoms with E-state index < -0.39 is 0 Å². The average Bonchev–Trinajstić information content (AvgIpc) is 3.46. The molecule has 6 bridgehead atoms. The summed E-state index contributed by atoms with van der Waals surface area (Å²) in [6.45, 7) is 12.0. The zero-order valence-corrected chi connectivity index (χ0v) is 16.2. The molecule has 0 heterocycles. The number of rotatable bonds is 0. The Morgan fingerprint density at radius 2 is 0.696 bits per heavy atom. The molecule has 0 radical (unpaired) electrons. The first-order valence-electron chi connectivity index (χ1n) is 10.8. The standard InChI is InChI=1S/C17H20.3C2H6/c1-2-9-5-8(1)14-12-7-13(15(9)14)17-11-4-3-10(6-11)16(12)17;3*1-2/h1-4,8-17H,5-7H2;3*1-2H3. The Labute approximate surface area is 144 Å². The summed E-state index contributed by atoms with van der Waals surface area (Å²) in [5.41, 5.74) is 0. The van der Waals surface area contributed by atoms with Gasteiger partial charge in [0, 0.05) is 0 Å². The first-order valence-corrected chi connectivity index (χ1v) is 10.8. The van der Waals surface area contributed by atoms with E-state index in [1.807, 2.05) is 41.5 Å². The lowest BCUT2D eigenvalue weighted by Gasteiger charge is -2.42. The molecule has 0 aromatic carbocycles. The van der Waals surface area contributed by atoms with Crippen LogP contribution in [-0.2, 0) is 0 Å². The first-order chi connectivity index (χ1) is 11.4. The fraction of sp³-hybridized carbons (Fsp3) is 0.826. The van der Waals surface area contributed by atoms with Crippen molar-refractivity contribution < 1.29 is 0 Å². The highest BCUT2D eigenvalue weighted by Gasteiger charge is 2.68. The predicted octanol–water partition coefficient (Wildman–Crippen LogP) is 6.59. The lowest BCUT2D eigenvalue weighted by Crippen LogP contribution is -2.38. The van der Waals surface area contributed by atoms with Crippen molar-refractivity contribution in [2.75, 3.05) is 0 Å². The third-order valence-corrected chi connectivity index (χ3v) is 7.69. The lowest BCUT2D eigenvalue weighted by molar-refractivity contribution is 0.0811. The summed E-state index contributed by atoms with van der Waals surface area (Å²) >= 11 is 0. The van der Waals surface area contributed by atoms with Crippen molar-refractivity contribution in [1.29, 1.82) is 0 Å². The second-order valence-corrected chi connectivity index (χ2v) is 7.77. The van der Waals surface area contributed by atoms with Gasteiger partial charge in [0.05, 0.1) is 0 Å². The van der Waals surface area contributed by atoms with Crippen LogP contribution >= 0.6 is 0 Å². The molecule has 0 saturated heterocycles. The van der Waals surface area contributed by atoms with Gasteiger partial charge < -0.3 is 0 Å². The molecule has 8 unspecified atom stereocenters. The predicted molar refractivity (Wildman–Crippen MR) is 101 cm³/mol. The van der Waals surface area contributed by atoms with Crippen LogP contribution in [0.1, 0.15) is 60.8 Å². The average molecular weight is 315 g/mol. The van der Waals surface area contributed by atoms with Gasteiger partial charge in [0.2, 0.25) is 0 Å². The Balaban J connectivity index is 0.000000238. The summed E-state index contributed by atoms with van der Waals surface area (Å²) in [7, 11) is 0. The van der Waals surface area contributed by atoms with E-state index in [4.69, 9.17) is 0 Å². The summed E-state index contributed by atoms with van der Waals surface area (Å²) in [5, 5.41) is 0. The van der Waals surface area contributed by atoms with Gasteiger partial charge in [-0.1, -0.05) is 65.8 Å². The Bertz CT molecular complexity index is 381. The molecule has 0 aromatic heterocycles. The van der Waals surface area contributed by atoms with Gasteiger partial charge in [0.1, 0.15) is 0 Å². The maximum atomic E-state index is 2.59. The molecule has 6 aliphatic carbocycles. The summed E-state index contributed by atoms with van der Waals surface area (Å²) in [5.74, 6) is 10.8. The summed E-state index contributed by atoms with van der Waals surface area (Å²) in [6.07, 6.45) is 15.0. The fourth-order valence-corrected chi connectivity index (χ4v) is 7.66. The van der Waals surface area contributed by atoms with Crippen LogP contribution in [0.25, 0.3) is 0 Å². The van der Waals surface area contributed by atoms with Gasteiger partial charge in [-0.05, 0) is 78.4 Å². The number of fused-ring (bicyclic) bond motifs is 16. The van der Waals surface area contributed by atoms with Crippen molar-refractivity contribution in [2.24, 2.45) is 59.2 Å². The van der Waals surface area contributed by atoms with E-state index in [-0.39, 0.29) is 0 Å². The van der Waals surface area contributed by atoms with Crippen LogP contribution in [0.5, 0.6) is 0 Å². The molecular weight excluding hydrogens is 276 g/mol. The van der Waals surface area contributed by atoms with Gasteiger partial charge in [-0.15, -0.1) is 0 Å². The third kappa shape index (κ3) is 2.16. The van der Waals surface area contributed by atoms with Crippen molar-refractivity contribution in [1.82, 2.24) is 0 Å². The van der Waals surface area contributed by atoms with Crippen LogP contribution in [0.3, 0.4) is 0 Å². The lowest BCUT2D eigenvalue weighted by atomic mass is 9.62. The van der Waals surface area contributed by atoms with Crippen LogP contribution in [0.4, 0.5) is 0 Å². The topological polar surface area (TPSA) is 0 Å². The second-order valence-electron chi connectivity index (χ2n) is 7.77. The highest BCUT2D eigenvalue weighted by atomic mass is 14.7. The number of hydrogen-bond acceptors (Lipinski definition) is 0. The van der Waals surface area contributed by atoms with Crippen LogP contribution < -0.4 is 0 Å². The fourth-order valence-electron chi connectivity index (χ4n) is 7.66. The number of hydrogen-bond donors (Lipinski definition) is 0. The molecule has 0 nitrogen and oxygen atoms in total. The molecule has 0 aliphatic heterocycles. The Morgan fingerprint density at radius 1 is 0.435 bits per heavy atom. The molecule has 4 fully saturated rings. The van der Waals surface area contributed by atoms with Crippen molar-refractivity contribution in [3.8, 4) is 0 Å². The molecule has 0 heteroatoms. The van der Waals surface area contributed by atoms with Crippen molar-refractivity contribution in [3.63, 3.8) is 0 Å². The van der Waals surface area contributed by atoms with E-state index >= 15 is 0 Å². The molecule has 8 atom stereocenters. The van der Waals surface area contributed by atoms with E-state index in [9.17, 15) is 0 Å². The maximum Gasteiger partial charge on any atom is -0.0194 e. The SMILES string of the molecule is C1=CC2CC1C1C3CC(C21)C1C2C=CC(C2)C31.CC.CC.CC.